The number of hydrogen-bond acceptors (Lipinski definition) is 2. The Bertz CT molecular complexity index is 471. The first kappa shape index (κ1) is 12.4. The van der Waals surface area contributed by atoms with Gasteiger partial charge < -0.3 is 5.11 Å². The van der Waals surface area contributed by atoms with Gasteiger partial charge in [0, 0.05) is 16.0 Å². The van der Waals surface area contributed by atoms with Crippen molar-refractivity contribution in [2.24, 2.45) is 0 Å². The van der Waals surface area contributed by atoms with E-state index < -0.39 is 18.7 Å². The predicted octanol–water partition coefficient (Wildman–Crippen LogP) is 4.28. The minimum absolute atomic E-state index is 0.281. The van der Waals surface area contributed by atoms with Crippen molar-refractivity contribution >= 4 is 21.4 Å². The number of aliphatic hydroxyl groups excluding tert-OH is 1. The third kappa shape index (κ3) is 3.20. The molecule has 2 rings (SSSR count). The van der Waals surface area contributed by atoms with E-state index in [1.54, 1.807) is 6.07 Å². The van der Waals surface area contributed by atoms with Crippen molar-refractivity contribution in [1.29, 1.82) is 0 Å². The van der Waals surface area contributed by atoms with Crippen LogP contribution in [-0.2, 0) is 0 Å². The van der Waals surface area contributed by atoms with Crippen LogP contribution in [0, 0.1) is 0 Å². The molecular weight excluding hydrogens is 249 g/mol. The number of alkyl halides is 3. The predicted molar refractivity (Wildman–Crippen MR) is 62.1 cm³/mol. The van der Waals surface area contributed by atoms with Crippen LogP contribution >= 0.6 is 11.3 Å². The average molecular weight is 260 g/mol. The Morgan fingerprint density at radius 2 is 1.94 bits per heavy atom. The van der Waals surface area contributed by atoms with Gasteiger partial charge in [-0.2, -0.15) is 13.2 Å². The lowest BCUT2D eigenvalue weighted by molar-refractivity contribution is -0.140. The summed E-state index contributed by atoms with van der Waals surface area (Å²) in [7, 11) is 0. The molecular formula is C12H11F3OS. The molecule has 1 N–H and O–H groups in total. The molecule has 1 aromatic carbocycles. The van der Waals surface area contributed by atoms with Crippen LogP contribution < -0.4 is 0 Å². The second kappa shape index (κ2) is 4.66. The number of thiophene rings is 1. The molecule has 1 nitrogen and oxygen atoms in total. The van der Waals surface area contributed by atoms with Gasteiger partial charge in [-0.15, -0.1) is 11.3 Å². The summed E-state index contributed by atoms with van der Waals surface area (Å²) in [5.74, 6) is 0. The van der Waals surface area contributed by atoms with Crippen molar-refractivity contribution in [3.8, 4) is 0 Å². The normalized spacial score (nSPS) is 14.1. The van der Waals surface area contributed by atoms with E-state index in [0.29, 0.717) is 4.88 Å². The van der Waals surface area contributed by atoms with Crippen molar-refractivity contribution in [3.63, 3.8) is 0 Å². The largest absolute Gasteiger partial charge is 0.389 e. The van der Waals surface area contributed by atoms with Gasteiger partial charge in [0.15, 0.2) is 0 Å². The van der Waals surface area contributed by atoms with Crippen molar-refractivity contribution in [2.75, 3.05) is 0 Å². The van der Waals surface area contributed by atoms with Crippen LogP contribution in [0.25, 0.3) is 10.1 Å². The van der Waals surface area contributed by atoms with E-state index in [4.69, 9.17) is 0 Å². The van der Waals surface area contributed by atoms with Gasteiger partial charge >= 0.3 is 6.18 Å². The highest BCUT2D eigenvalue weighted by molar-refractivity contribution is 7.19. The fourth-order valence-corrected chi connectivity index (χ4v) is 2.69. The molecule has 5 heteroatoms. The summed E-state index contributed by atoms with van der Waals surface area (Å²) in [6, 6.07) is 9.25. The lowest BCUT2D eigenvalue weighted by Crippen LogP contribution is -2.09. The summed E-state index contributed by atoms with van der Waals surface area (Å²) < 4.78 is 37.1. The molecule has 0 spiro atoms. The molecule has 0 fully saturated rings. The Morgan fingerprint density at radius 1 is 1.24 bits per heavy atom. The fraction of sp³-hybridized carbons (Fsp3) is 0.333. The average Bonchev–Trinajstić information content (AvgIpc) is 2.68. The summed E-state index contributed by atoms with van der Waals surface area (Å²) in [4.78, 5) is 0.593. The molecule has 0 amide bonds. The smallest absolute Gasteiger partial charge is 0.388 e. The molecule has 1 heterocycles. The maximum atomic E-state index is 12.0. The molecule has 1 aromatic heterocycles. The highest BCUT2D eigenvalue weighted by Gasteiger charge is 2.28. The molecule has 0 aliphatic rings. The van der Waals surface area contributed by atoms with Crippen molar-refractivity contribution in [3.05, 3.63) is 35.2 Å². The third-order valence-electron chi connectivity index (χ3n) is 2.47. The van der Waals surface area contributed by atoms with Gasteiger partial charge in [-0.3, -0.25) is 0 Å². The number of halogens is 3. The van der Waals surface area contributed by atoms with E-state index in [2.05, 4.69) is 0 Å². The van der Waals surface area contributed by atoms with Crippen LogP contribution in [0.2, 0.25) is 0 Å². The number of fused-ring (bicyclic) bond motifs is 1. The van der Waals surface area contributed by atoms with E-state index in [-0.39, 0.29) is 6.42 Å². The van der Waals surface area contributed by atoms with E-state index >= 15 is 0 Å². The van der Waals surface area contributed by atoms with Crippen LogP contribution in [0.15, 0.2) is 30.3 Å². The Labute approximate surface area is 101 Å². The molecule has 0 bridgehead atoms. The van der Waals surface area contributed by atoms with Crippen molar-refractivity contribution in [1.82, 2.24) is 0 Å². The number of aliphatic hydroxyl groups is 1. The SMILES string of the molecule is OC(CCC(F)(F)F)c1cc2ccccc2s1. The zero-order chi connectivity index (χ0) is 12.5. The van der Waals surface area contributed by atoms with Crippen molar-refractivity contribution in [2.45, 2.75) is 25.1 Å². The number of benzene rings is 1. The second-order valence-electron chi connectivity index (χ2n) is 3.86. The third-order valence-corrected chi connectivity index (χ3v) is 3.69. The molecule has 0 aliphatic carbocycles. The molecule has 0 saturated heterocycles. The van der Waals surface area contributed by atoms with Crippen LogP contribution in [-0.4, -0.2) is 11.3 Å². The Kier molecular flexibility index (Phi) is 3.40. The van der Waals surface area contributed by atoms with E-state index in [1.807, 2.05) is 24.3 Å². The van der Waals surface area contributed by atoms with Gasteiger partial charge in [0.1, 0.15) is 0 Å². The van der Waals surface area contributed by atoms with Crippen molar-refractivity contribution < 1.29 is 18.3 Å². The van der Waals surface area contributed by atoms with E-state index in [1.165, 1.54) is 11.3 Å². The minimum Gasteiger partial charge on any atom is -0.388 e. The Hall–Kier alpha value is -1.07. The Balaban J connectivity index is 2.11. The van der Waals surface area contributed by atoms with Gasteiger partial charge in [0.05, 0.1) is 6.10 Å². The van der Waals surface area contributed by atoms with Gasteiger partial charge in [0.2, 0.25) is 0 Å². The topological polar surface area (TPSA) is 20.2 Å². The van der Waals surface area contributed by atoms with Gasteiger partial charge in [0.25, 0.3) is 0 Å². The summed E-state index contributed by atoms with van der Waals surface area (Å²) in [6.45, 7) is 0. The molecule has 1 atom stereocenters. The quantitative estimate of drug-likeness (QED) is 0.873. The fourth-order valence-electron chi connectivity index (χ4n) is 1.61. The van der Waals surface area contributed by atoms with Crippen LogP contribution in [0.3, 0.4) is 0 Å². The van der Waals surface area contributed by atoms with Crippen LogP contribution in [0.5, 0.6) is 0 Å². The summed E-state index contributed by atoms with van der Waals surface area (Å²) in [5.41, 5.74) is 0. The van der Waals surface area contributed by atoms with Crippen LogP contribution in [0.4, 0.5) is 13.2 Å². The molecule has 17 heavy (non-hydrogen) atoms. The maximum Gasteiger partial charge on any atom is 0.389 e. The lowest BCUT2D eigenvalue weighted by atomic mass is 10.1. The summed E-state index contributed by atoms with van der Waals surface area (Å²) >= 11 is 1.34. The standard InChI is InChI=1S/C12H11F3OS/c13-12(14,15)6-5-9(16)11-7-8-3-1-2-4-10(8)17-11/h1-4,7,9,16H,5-6H2. The molecule has 0 aliphatic heterocycles. The molecule has 2 aromatic rings. The first-order valence-electron chi connectivity index (χ1n) is 5.19. The van der Waals surface area contributed by atoms with Gasteiger partial charge in [-0.1, -0.05) is 18.2 Å². The summed E-state index contributed by atoms with van der Waals surface area (Å²) in [6.07, 6.45) is -6.48. The minimum atomic E-state index is -4.21. The number of hydrogen-bond donors (Lipinski definition) is 1. The maximum absolute atomic E-state index is 12.0. The molecule has 1 unspecified atom stereocenters. The lowest BCUT2D eigenvalue weighted by Gasteiger charge is -2.10. The molecule has 0 saturated carbocycles. The van der Waals surface area contributed by atoms with E-state index in [9.17, 15) is 18.3 Å². The van der Waals surface area contributed by atoms with E-state index in [0.717, 1.165) is 10.1 Å². The van der Waals surface area contributed by atoms with Gasteiger partial charge in [-0.25, -0.2) is 0 Å². The van der Waals surface area contributed by atoms with Crippen LogP contribution in [0.1, 0.15) is 23.8 Å². The zero-order valence-corrected chi connectivity index (χ0v) is 9.68. The summed E-state index contributed by atoms with van der Waals surface area (Å²) in [5, 5.41) is 10.7. The Morgan fingerprint density at radius 3 is 2.59 bits per heavy atom. The highest BCUT2D eigenvalue weighted by Crippen LogP contribution is 2.33. The first-order chi connectivity index (χ1) is 7.96. The second-order valence-corrected chi connectivity index (χ2v) is 4.97. The highest BCUT2D eigenvalue weighted by atomic mass is 32.1. The molecule has 92 valence electrons. The monoisotopic (exact) mass is 260 g/mol. The van der Waals surface area contributed by atoms with Gasteiger partial charge in [-0.05, 0) is 23.9 Å². The first-order valence-corrected chi connectivity index (χ1v) is 6.01. The zero-order valence-electron chi connectivity index (χ0n) is 8.87. The molecule has 0 radical (unpaired) electrons. The number of rotatable bonds is 3.